The number of rotatable bonds is 6. The Bertz CT molecular complexity index is 407. The van der Waals surface area contributed by atoms with Gasteiger partial charge in [-0.3, -0.25) is 5.32 Å². The van der Waals surface area contributed by atoms with Crippen molar-refractivity contribution in [2.24, 2.45) is 0 Å². The Balaban J connectivity index is 1.81. The van der Waals surface area contributed by atoms with Gasteiger partial charge in [0.05, 0.1) is 6.07 Å². The average Bonchev–Trinajstić information content (AvgIpc) is 2.99. The number of thioether (sulfide) groups is 1. The second kappa shape index (κ2) is 5.67. The lowest BCUT2D eigenvalue weighted by Crippen LogP contribution is -2.31. The maximum absolute atomic E-state index is 9.01. The predicted molar refractivity (Wildman–Crippen MR) is 70.5 cm³/mol. The van der Waals surface area contributed by atoms with Gasteiger partial charge in [-0.05, 0) is 12.8 Å². The number of hydrogen-bond acceptors (Lipinski definition) is 7. The zero-order valence-electron chi connectivity index (χ0n) is 9.88. The SMILES string of the molecule is CN(C)c1nnc(SCC(C#N)NC2CC2)s1. The lowest BCUT2D eigenvalue weighted by atomic mass is 10.4. The Kier molecular flexibility index (Phi) is 4.20. The largest absolute Gasteiger partial charge is 0.353 e. The summed E-state index contributed by atoms with van der Waals surface area (Å²) in [5, 5.41) is 21.4. The molecule has 1 fully saturated rings. The highest BCUT2D eigenvalue weighted by Gasteiger charge is 2.24. The highest BCUT2D eigenvalue weighted by molar-refractivity contribution is 8.01. The molecule has 2 rings (SSSR count). The van der Waals surface area contributed by atoms with Gasteiger partial charge in [-0.2, -0.15) is 5.26 Å². The fourth-order valence-corrected chi connectivity index (χ4v) is 3.00. The van der Waals surface area contributed by atoms with E-state index in [9.17, 15) is 0 Å². The van der Waals surface area contributed by atoms with Gasteiger partial charge in [0, 0.05) is 25.9 Å². The third kappa shape index (κ3) is 3.84. The maximum Gasteiger partial charge on any atom is 0.208 e. The normalized spacial score (nSPS) is 16.5. The zero-order valence-corrected chi connectivity index (χ0v) is 11.5. The molecule has 0 amide bonds. The van der Waals surface area contributed by atoms with Crippen LogP contribution in [-0.4, -0.2) is 42.1 Å². The van der Waals surface area contributed by atoms with E-state index in [1.54, 1.807) is 23.1 Å². The van der Waals surface area contributed by atoms with Gasteiger partial charge in [-0.15, -0.1) is 10.2 Å². The van der Waals surface area contributed by atoms with E-state index < -0.39 is 0 Å². The smallest absolute Gasteiger partial charge is 0.208 e. The molecule has 7 heteroatoms. The van der Waals surface area contributed by atoms with Gasteiger partial charge < -0.3 is 4.90 Å². The van der Waals surface area contributed by atoms with Crippen molar-refractivity contribution in [1.29, 1.82) is 5.26 Å². The summed E-state index contributed by atoms with van der Waals surface area (Å²) in [6, 6.07) is 2.77. The molecular formula is C10H15N5S2. The predicted octanol–water partition coefficient (Wildman–Crippen LogP) is 1.34. The molecule has 1 heterocycles. The molecule has 0 radical (unpaired) electrons. The van der Waals surface area contributed by atoms with E-state index in [2.05, 4.69) is 21.6 Å². The van der Waals surface area contributed by atoms with Crippen molar-refractivity contribution in [2.75, 3.05) is 24.7 Å². The molecule has 0 aromatic carbocycles. The first kappa shape index (κ1) is 12.6. The first-order chi connectivity index (χ1) is 8.19. The van der Waals surface area contributed by atoms with Crippen molar-refractivity contribution in [2.45, 2.75) is 29.3 Å². The van der Waals surface area contributed by atoms with E-state index in [-0.39, 0.29) is 6.04 Å². The molecule has 92 valence electrons. The number of nitrogens with one attached hydrogen (secondary N) is 1. The quantitative estimate of drug-likeness (QED) is 0.786. The first-order valence-corrected chi connectivity index (χ1v) is 7.28. The van der Waals surface area contributed by atoms with Crippen LogP contribution in [0.5, 0.6) is 0 Å². The van der Waals surface area contributed by atoms with E-state index in [1.165, 1.54) is 12.8 Å². The minimum absolute atomic E-state index is 0.0841. The molecule has 0 spiro atoms. The van der Waals surface area contributed by atoms with E-state index in [1.807, 2.05) is 19.0 Å². The van der Waals surface area contributed by atoms with Crippen molar-refractivity contribution in [3.63, 3.8) is 0 Å². The summed E-state index contributed by atoms with van der Waals surface area (Å²) >= 11 is 3.15. The number of nitrogens with zero attached hydrogens (tertiary/aromatic N) is 4. The average molecular weight is 269 g/mol. The molecule has 0 bridgehead atoms. The monoisotopic (exact) mass is 269 g/mol. The van der Waals surface area contributed by atoms with Gasteiger partial charge in [0.15, 0.2) is 4.34 Å². The maximum atomic E-state index is 9.01. The highest BCUT2D eigenvalue weighted by Crippen LogP contribution is 2.28. The molecule has 1 N–H and O–H groups in total. The van der Waals surface area contributed by atoms with Gasteiger partial charge in [-0.1, -0.05) is 23.1 Å². The van der Waals surface area contributed by atoms with Crippen molar-refractivity contribution >= 4 is 28.2 Å². The summed E-state index contributed by atoms with van der Waals surface area (Å²) in [5.74, 6) is 0.731. The van der Waals surface area contributed by atoms with Gasteiger partial charge in [0.1, 0.15) is 6.04 Å². The minimum Gasteiger partial charge on any atom is -0.353 e. The first-order valence-electron chi connectivity index (χ1n) is 5.48. The fourth-order valence-electron chi connectivity index (χ4n) is 1.25. The van der Waals surface area contributed by atoms with Crippen LogP contribution >= 0.6 is 23.1 Å². The second-order valence-electron chi connectivity index (χ2n) is 4.18. The van der Waals surface area contributed by atoms with Crippen LogP contribution in [0.25, 0.3) is 0 Å². The highest BCUT2D eigenvalue weighted by atomic mass is 32.2. The van der Waals surface area contributed by atoms with Crippen molar-refractivity contribution in [1.82, 2.24) is 15.5 Å². The van der Waals surface area contributed by atoms with Crippen LogP contribution in [0.1, 0.15) is 12.8 Å². The standard InChI is InChI=1S/C10H15N5S2/c1-15(2)9-13-14-10(17-9)16-6-8(5-11)12-7-3-4-7/h7-8,12H,3-4,6H2,1-2H3. The second-order valence-corrected chi connectivity index (χ2v) is 6.40. The summed E-state index contributed by atoms with van der Waals surface area (Å²) in [6.45, 7) is 0. The molecular weight excluding hydrogens is 254 g/mol. The number of nitriles is 1. The lowest BCUT2D eigenvalue weighted by molar-refractivity contribution is 0.644. The molecule has 1 aliphatic rings. The van der Waals surface area contributed by atoms with Crippen LogP contribution in [0.4, 0.5) is 5.13 Å². The topological polar surface area (TPSA) is 64.8 Å². The molecule has 17 heavy (non-hydrogen) atoms. The summed E-state index contributed by atoms with van der Waals surface area (Å²) in [4.78, 5) is 1.94. The van der Waals surface area contributed by atoms with E-state index >= 15 is 0 Å². The molecule has 1 saturated carbocycles. The van der Waals surface area contributed by atoms with E-state index in [0.717, 1.165) is 15.2 Å². The zero-order chi connectivity index (χ0) is 12.3. The molecule has 1 aromatic heterocycles. The fraction of sp³-hybridized carbons (Fsp3) is 0.700. The molecule has 0 saturated heterocycles. The van der Waals surface area contributed by atoms with Crippen molar-refractivity contribution < 1.29 is 0 Å². The third-order valence-corrected chi connectivity index (χ3v) is 4.64. The Labute approximate surface area is 109 Å². The van der Waals surface area contributed by atoms with Crippen molar-refractivity contribution in [3.8, 4) is 6.07 Å². The van der Waals surface area contributed by atoms with Crippen LogP contribution in [0.2, 0.25) is 0 Å². The summed E-state index contributed by atoms with van der Waals surface area (Å²) in [5.41, 5.74) is 0. The molecule has 1 atom stereocenters. The Morgan fingerprint density at radius 2 is 2.35 bits per heavy atom. The van der Waals surface area contributed by atoms with Crippen LogP contribution in [0, 0.1) is 11.3 Å². The van der Waals surface area contributed by atoms with Crippen LogP contribution in [0.15, 0.2) is 4.34 Å². The Hall–Kier alpha value is -0.840. The van der Waals surface area contributed by atoms with Gasteiger partial charge in [-0.25, -0.2) is 0 Å². The van der Waals surface area contributed by atoms with Gasteiger partial charge in [0.2, 0.25) is 5.13 Å². The van der Waals surface area contributed by atoms with Crippen LogP contribution < -0.4 is 10.2 Å². The lowest BCUT2D eigenvalue weighted by Gasteiger charge is -2.08. The summed E-state index contributed by atoms with van der Waals surface area (Å²) in [7, 11) is 3.89. The van der Waals surface area contributed by atoms with Crippen LogP contribution in [0.3, 0.4) is 0 Å². The number of hydrogen-bond donors (Lipinski definition) is 1. The Morgan fingerprint density at radius 3 is 2.88 bits per heavy atom. The van der Waals surface area contributed by atoms with E-state index in [0.29, 0.717) is 6.04 Å². The van der Waals surface area contributed by atoms with Gasteiger partial charge in [0.25, 0.3) is 0 Å². The molecule has 1 unspecified atom stereocenters. The summed E-state index contributed by atoms with van der Waals surface area (Å²) in [6.07, 6.45) is 2.40. The number of anilines is 1. The van der Waals surface area contributed by atoms with Crippen LogP contribution in [-0.2, 0) is 0 Å². The van der Waals surface area contributed by atoms with Gasteiger partial charge >= 0.3 is 0 Å². The third-order valence-electron chi connectivity index (χ3n) is 2.32. The van der Waals surface area contributed by atoms with E-state index in [4.69, 9.17) is 5.26 Å². The Morgan fingerprint density at radius 1 is 1.59 bits per heavy atom. The summed E-state index contributed by atoms with van der Waals surface area (Å²) < 4.78 is 0.923. The molecule has 1 aromatic rings. The molecule has 5 nitrogen and oxygen atoms in total. The molecule has 1 aliphatic carbocycles. The molecule has 0 aliphatic heterocycles. The van der Waals surface area contributed by atoms with Crippen molar-refractivity contribution in [3.05, 3.63) is 0 Å². The minimum atomic E-state index is -0.0841. The number of aromatic nitrogens is 2.